The van der Waals surface area contributed by atoms with Crippen molar-refractivity contribution < 1.29 is 14.4 Å². The zero-order valence-corrected chi connectivity index (χ0v) is 20.3. The van der Waals surface area contributed by atoms with Gasteiger partial charge in [-0.1, -0.05) is 54.1 Å². The predicted molar refractivity (Wildman–Crippen MR) is 141 cm³/mol. The highest BCUT2D eigenvalue weighted by Crippen LogP contribution is 2.31. The molecule has 6 nitrogen and oxygen atoms in total. The maximum atomic E-state index is 13.7. The second kappa shape index (κ2) is 9.15. The summed E-state index contributed by atoms with van der Waals surface area (Å²) in [5.74, 6) is -1.30. The summed E-state index contributed by atoms with van der Waals surface area (Å²) in [5.41, 5.74) is 5.30. The Labute approximate surface area is 209 Å². The van der Waals surface area contributed by atoms with E-state index in [1.165, 1.54) is 0 Å². The number of amides is 4. The molecule has 0 saturated carbocycles. The highest BCUT2D eigenvalue weighted by Gasteiger charge is 2.43. The van der Waals surface area contributed by atoms with E-state index in [1.807, 2.05) is 69.3 Å². The summed E-state index contributed by atoms with van der Waals surface area (Å²) in [6, 6.07) is 26.9. The monoisotopic (exact) mass is 475 g/mol. The second-order valence-corrected chi connectivity index (χ2v) is 8.79. The van der Waals surface area contributed by atoms with Gasteiger partial charge in [-0.3, -0.25) is 9.59 Å². The number of hydrogen-bond acceptors (Lipinski definition) is 3. The van der Waals surface area contributed by atoms with E-state index in [1.54, 1.807) is 48.5 Å². The van der Waals surface area contributed by atoms with E-state index in [2.05, 4.69) is 4.57 Å². The molecule has 0 radical (unpaired) electrons. The predicted octanol–water partition coefficient (Wildman–Crippen LogP) is 5.99. The number of carbonyl (C=O) groups is 3. The Balaban J connectivity index is 1.66. The number of rotatable bonds is 4. The van der Waals surface area contributed by atoms with E-state index in [-0.39, 0.29) is 5.57 Å². The van der Waals surface area contributed by atoms with Crippen LogP contribution in [0, 0.1) is 20.8 Å². The first kappa shape index (κ1) is 23.1. The highest BCUT2D eigenvalue weighted by atomic mass is 16.2. The summed E-state index contributed by atoms with van der Waals surface area (Å²) >= 11 is 0. The van der Waals surface area contributed by atoms with E-state index >= 15 is 0 Å². The number of aromatic nitrogens is 1. The molecule has 5 rings (SSSR count). The minimum absolute atomic E-state index is 0.0765. The van der Waals surface area contributed by atoms with Crippen LogP contribution < -0.4 is 9.80 Å². The number of nitrogens with zero attached hydrogens (tertiary/aromatic N) is 3. The molecule has 0 bridgehead atoms. The summed E-state index contributed by atoms with van der Waals surface area (Å²) in [4.78, 5) is 42.9. The third-order valence-corrected chi connectivity index (χ3v) is 6.34. The van der Waals surface area contributed by atoms with Crippen molar-refractivity contribution in [3.05, 3.63) is 119 Å². The van der Waals surface area contributed by atoms with Crippen LogP contribution in [0.4, 0.5) is 16.2 Å². The molecule has 0 spiro atoms. The first-order valence-electron chi connectivity index (χ1n) is 11.7. The molecule has 0 aliphatic carbocycles. The van der Waals surface area contributed by atoms with Crippen LogP contribution in [0.25, 0.3) is 11.8 Å². The number of carbonyl (C=O) groups excluding carboxylic acids is 3. The number of barbiturate groups is 1. The molecule has 0 unspecified atom stereocenters. The molecule has 4 amide bonds. The Bertz CT molecular complexity index is 1500. The molecule has 1 aliphatic rings. The van der Waals surface area contributed by atoms with Crippen LogP contribution in [-0.2, 0) is 9.59 Å². The van der Waals surface area contributed by atoms with E-state index in [0.29, 0.717) is 11.4 Å². The Hall–Kier alpha value is -4.71. The molecule has 1 aliphatic heterocycles. The minimum Gasteiger partial charge on any atom is -0.318 e. The molecule has 1 saturated heterocycles. The zero-order chi connectivity index (χ0) is 25.4. The maximum Gasteiger partial charge on any atom is 0.343 e. The molecule has 4 aromatic rings. The van der Waals surface area contributed by atoms with Gasteiger partial charge in [0, 0.05) is 17.1 Å². The summed E-state index contributed by atoms with van der Waals surface area (Å²) < 4.78 is 2.07. The number of hydrogen-bond donors (Lipinski definition) is 0. The van der Waals surface area contributed by atoms with Crippen molar-refractivity contribution in [2.45, 2.75) is 20.8 Å². The lowest BCUT2D eigenvalue weighted by atomic mass is 10.0. The Morgan fingerprint density at radius 3 is 1.67 bits per heavy atom. The van der Waals surface area contributed by atoms with E-state index in [9.17, 15) is 14.4 Å². The quantitative estimate of drug-likeness (QED) is 0.269. The van der Waals surface area contributed by atoms with Crippen LogP contribution in [0.5, 0.6) is 0 Å². The average Bonchev–Trinajstić information content (AvgIpc) is 3.16. The van der Waals surface area contributed by atoms with Crippen LogP contribution in [0.3, 0.4) is 0 Å². The second-order valence-electron chi connectivity index (χ2n) is 8.79. The normalized spacial score (nSPS) is 15.2. The highest BCUT2D eigenvalue weighted by molar-refractivity contribution is 6.46. The summed E-state index contributed by atoms with van der Waals surface area (Å²) in [5, 5.41) is 0. The van der Waals surface area contributed by atoms with Gasteiger partial charge in [-0.15, -0.1) is 0 Å². The first-order chi connectivity index (χ1) is 17.4. The standard InChI is InChI=1S/C30H25N3O3/c1-20-14-16-26(17-15-20)33-29(35)27(28(34)32(30(33)36)25-12-8-5-9-13-25)19-23-18-21(2)31(22(23)3)24-10-6-4-7-11-24/h4-19H,1-3H3/b27-19-. The lowest BCUT2D eigenvalue weighted by Gasteiger charge is -2.34. The molecule has 1 fully saturated rings. The molecule has 178 valence electrons. The number of aryl methyl sites for hydroxylation is 2. The first-order valence-corrected chi connectivity index (χ1v) is 11.7. The van der Waals surface area contributed by atoms with Crippen molar-refractivity contribution in [1.29, 1.82) is 0 Å². The fourth-order valence-corrected chi connectivity index (χ4v) is 4.52. The van der Waals surface area contributed by atoms with Crippen molar-refractivity contribution >= 4 is 35.3 Å². The minimum atomic E-state index is -0.702. The van der Waals surface area contributed by atoms with Gasteiger partial charge >= 0.3 is 6.03 Å². The maximum absolute atomic E-state index is 13.7. The van der Waals surface area contributed by atoms with Crippen molar-refractivity contribution in [3.63, 3.8) is 0 Å². The van der Waals surface area contributed by atoms with E-state index < -0.39 is 17.8 Å². The molecule has 3 aromatic carbocycles. The van der Waals surface area contributed by atoms with Gasteiger partial charge in [0.15, 0.2) is 0 Å². The summed E-state index contributed by atoms with van der Waals surface area (Å²) in [7, 11) is 0. The van der Waals surface area contributed by atoms with E-state index in [4.69, 9.17) is 0 Å². The molecule has 0 atom stereocenters. The molecule has 0 N–H and O–H groups in total. The molecule has 36 heavy (non-hydrogen) atoms. The van der Waals surface area contributed by atoms with Crippen LogP contribution in [-0.4, -0.2) is 22.4 Å². The average molecular weight is 476 g/mol. The number of benzene rings is 3. The van der Waals surface area contributed by atoms with Crippen molar-refractivity contribution in [3.8, 4) is 5.69 Å². The lowest BCUT2D eigenvalue weighted by Crippen LogP contribution is -2.57. The van der Waals surface area contributed by atoms with Gasteiger partial charge in [-0.05, 0) is 74.9 Å². The van der Waals surface area contributed by atoms with Gasteiger partial charge in [0.05, 0.1) is 11.4 Å². The lowest BCUT2D eigenvalue weighted by molar-refractivity contribution is -0.121. The van der Waals surface area contributed by atoms with Gasteiger partial charge < -0.3 is 4.57 Å². The largest absolute Gasteiger partial charge is 0.343 e. The van der Waals surface area contributed by atoms with Crippen molar-refractivity contribution in [2.75, 3.05) is 9.80 Å². The third-order valence-electron chi connectivity index (χ3n) is 6.34. The molecular formula is C30H25N3O3. The SMILES string of the molecule is Cc1ccc(N2C(=O)/C(=C\c3cc(C)n(-c4ccccc4)c3C)C(=O)N(c3ccccc3)C2=O)cc1. The Morgan fingerprint density at radius 2 is 1.11 bits per heavy atom. The van der Waals surface area contributed by atoms with Crippen LogP contribution >= 0.6 is 0 Å². The number of imide groups is 2. The number of urea groups is 1. The van der Waals surface area contributed by atoms with Gasteiger partial charge in [0.25, 0.3) is 11.8 Å². The fraction of sp³-hybridized carbons (Fsp3) is 0.100. The molecule has 2 heterocycles. The Morgan fingerprint density at radius 1 is 0.611 bits per heavy atom. The Kier molecular flexibility index (Phi) is 5.86. The van der Waals surface area contributed by atoms with Crippen LogP contribution in [0.2, 0.25) is 0 Å². The number of para-hydroxylation sites is 2. The van der Waals surface area contributed by atoms with E-state index in [0.717, 1.165) is 38.0 Å². The number of anilines is 2. The van der Waals surface area contributed by atoms with Crippen LogP contribution in [0.15, 0.2) is 96.6 Å². The van der Waals surface area contributed by atoms with Gasteiger partial charge in [0.2, 0.25) is 0 Å². The zero-order valence-electron chi connectivity index (χ0n) is 20.3. The smallest absolute Gasteiger partial charge is 0.318 e. The van der Waals surface area contributed by atoms with Crippen molar-refractivity contribution in [1.82, 2.24) is 4.57 Å². The fourth-order valence-electron chi connectivity index (χ4n) is 4.52. The molecule has 1 aromatic heterocycles. The molecule has 6 heteroatoms. The molecular weight excluding hydrogens is 450 g/mol. The van der Waals surface area contributed by atoms with Gasteiger partial charge in [0.1, 0.15) is 5.57 Å². The third kappa shape index (κ3) is 3.92. The topological polar surface area (TPSA) is 62.6 Å². The van der Waals surface area contributed by atoms with Crippen molar-refractivity contribution in [2.24, 2.45) is 0 Å². The van der Waals surface area contributed by atoms with Gasteiger partial charge in [-0.2, -0.15) is 0 Å². The van der Waals surface area contributed by atoms with Crippen LogP contribution in [0.1, 0.15) is 22.5 Å². The van der Waals surface area contributed by atoms with Gasteiger partial charge in [-0.25, -0.2) is 14.6 Å². The summed E-state index contributed by atoms with van der Waals surface area (Å²) in [6.07, 6.45) is 1.59. The summed E-state index contributed by atoms with van der Waals surface area (Å²) in [6.45, 7) is 5.85.